The zero-order valence-electron chi connectivity index (χ0n) is 5.14. The van der Waals surface area contributed by atoms with Crippen LogP contribution in [0.4, 0.5) is 0 Å². The van der Waals surface area contributed by atoms with Crippen molar-refractivity contribution in [3.05, 3.63) is 25.5 Å². The third-order valence-corrected chi connectivity index (χ3v) is 2.20. The van der Waals surface area contributed by atoms with Gasteiger partial charge in [-0.3, -0.25) is 4.79 Å². The Hall–Kier alpha value is 0.130. The van der Waals surface area contributed by atoms with Crippen LogP contribution < -0.4 is 0 Å². The van der Waals surface area contributed by atoms with Crippen molar-refractivity contribution in [2.24, 2.45) is 0 Å². The van der Waals surface area contributed by atoms with E-state index in [9.17, 15) is 4.79 Å². The van der Waals surface area contributed by atoms with Crippen LogP contribution in [0, 0.1) is 3.70 Å². The van der Waals surface area contributed by atoms with Gasteiger partial charge in [-0.25, -0.2) is 4.98 Å². The first-order valence-electron chi connectivity index (χ1n) is 2.62. The smallest absolute Gasteiger partial charge is 0.154 e. The van der Waals surface area contributed by atoms with Gasteiger partial charge in [-0.15, -0.1) is 0 Å². The predicted octanol–water partition coefficient (Wildman–Crippen LogP) is 2.81. The van der Waals surface area contributed by atoms with E-state index < -0.39 is 0 Å². The highest BCUT2D eigenvalue weighted by atomic mass is 127. The number of hydrogen-bond acceptors (Lipinski definition) is 2. The summed E-state index contributed by atoms with van der Waals surface area (Å²) >= 11 is 13.2. The second-order valence-corrected chi connectivity index (χ2v) is 3.62. The van der Waals surface area contributed by atoms with Crippen LogP contribution >= 0.6 is 45.8 Å². The Bertz CT molecular complexity index is 280. The zero-order valence-corrected chi connectivity index (χ0v) is 8.81. The quantitative estimate of drug-likeness (QED) is 0.453. The van der Waals surface area contributed by atoms with Crippen molar-refractivity contribution in [2.75, 3.05) is 0 Å². The SMILES string of the molecule is O=Cc1c(Cl)cc(I)nc1Cl. The molecule has 0 amide bonds. The summed E-state index contributed by atoms with van der Waals surface area (Å²) in [5.74, 6) is 0. The summed E-state index contributed by atoms with van der Waals surface area (Å²) in [6.07, 6.45) is 0.591. The van der Waals surface area contributed by atoms with Crippen LogP contribution in [0.25, 0.3) is 0 Å². The number of halogens is 3. The Morgan fingerprint density at radius 2 is 2.18 bits per heavy atom. The maximum Gasteiger partial charge on any atom is 0.154 e. The van der Waals surface area contributed by atoms with Crippen LogP contribution in [0.2, 0.25) is 10.2 Å². The highest BCUT2D eigenvalue weighted by Gasteiger charge is 2.06. The molecule has 0 aromatic carbocycles. The number of rotatable bonds is 1. The summed E-state index contributed by atoms with van der Waals surface area (Å²) in [5.41, 5.74) is 0.244. The molecule has 11 heavy (non-hydrogen) atoms. The topological polar surface area (TPSA) is 30.0 Å². The Morgan fingerprint density at radius 1 is 1.55 bits per heavy atom. The lowest BCUT2D eigenvalue weighted by Gasteiger charge is -1.98. The number of pyridine rings is 1. The van der Waals surface area contributed by atoms with E-state index in [0.29, 0.717) is 15.0 Å². The standard InChI is InChI=1S/C6H2Cl2INO/c7-4-1-5(9)10-6(8)3(4)2-11/h1-2H. The molecule has 5 heteroatoms. The van der Waals surface area contributed by atoms with Crippen molar-refractivity contribution < 1.29 is 4.79 Å². The first-order valence-corrected chi connectivity index (χ1v) is 4.45. The largest absolute Gasteiger partial charge is 0.298 e. The van der Waals surface area contributed by atoms with E-state index in [0.717, 1.165) is 0 Å². The summed E-state index contributed by atoms with van der Waals surface area (Å²) in [7, 11) is 0. The minimum Gasteiger partial charge on any atom is -0.298 e. The Morgan fingerprint density at radius 3 is 2.64 bits per heavy atom. The van der Waals surface area contributed by atoms with Crippen molar-refractivity contribution in [1.29, 1.82) is 0 Å². The van der Waals surface area contributed by atoms with Crippen molar-refractivity contribution >= 4 is 52.1 Å². The highest BCUT2D eigenvalue weighted by Crippen LogP contribution is 2.22. The van der Waals surface area contributed by atoms with Crippen LogP contribution in [-0.2, 0) is 0 Å². The molecule has 0 aliphatic carbocycles. The molecule has 0 atom stereocenters. The molecule has 0 radical (unpaired) electrons. The van der Waals surface area contributed by atoms with E-state index in [1.54, 1.807) is 6.07 Å². The Labute approximate surface area is 87.0 Å². The van der Waals surface area contributed by atoms with Crippen molar-refractivity contribution in [1.82, 2.24) is 4.98 Å². The molecular formula is C6H2Cl2INO. The minimum absolute atomic E-state index is 0.150. The van der Waals surface area contributed by atoms with Gasteiger partial charge in [-0.2, -0.15) is 0 Å². The average Bonchev–Trinajstić information content (AvgIpc) is 1.85. The summed E-state index contributed by atoms with van der Waals surface area (Å²) in [5, 5.41) is 0.487. The first kappa shape index (κ1) is 9.22. The molecular weight excluding hydrogens is 300 g/mol. The molecule has 1 aromatic rings. The van der Waals surface area contributed by atoms with Crippen LogP contribution in [0.5, 0.6) is 0 Å². The lowest BCUT2D eigenvalue weighted by atomic mass is 10.3. The van der Waals surface area contributed by atoms with Crippen LogP contribution in [0.3, 0.4) is 0 Å². The van der Waals surface area contributed by atoms with Gasteiger partial charge in [0, 0.05) is 0 Å². The van der Waals surface area contributed by atoms with Crippen LogP contribution in [0.1, 0.15) is 10.4 Å². The Balaban J connectivity index is 3.36. The molecule has 1 heterocycles. The minimum atomic E-state index is 0.150. The number of hydrogen-bond donors (Lipinski definition) is 0. The number of aromatic nitrogens is 1. The van der Waals surface area contributed by atoms with Crippen molar-refractivity contribution in [3.8, 4) is 0 Å². The third kappa shape index (κ3) is 2.04. The van der Waals surface area contributed by atoms with Gasteiger partial charge < -0.3 is 0 Å². The van der Waals surface area contributed by atoms with Gasteiger partial charge in [-0.1, -0.05) is 23.2 Å². The monoisotopic (exact) mass is 301 g/mol. The van der Waals surface area contributed by atoms with E-state index in [1.165, 1.54) is 0 Å². The maximum absolute atomic E-state index is 10.3. The van der Waals surface area contributed by atoms with E-state index in [2.05, 4.69) is 4.98 Å². The fraction of sp³-hybridized carbons (Fsp3) is 0. The first-order chi connectivity index (χ1) is 5.15. The van der Waals surface area contributed by atoms with Gasteiger partial charge >= 0.3 is 0 Å². The fourth-order valence-electron chi connectivity index (χ4n) is 0.572. The highest BCUT2D eigenvalue weighted by molar-refractivity contribution is 14.1. The molecule has 58 valence electrons. The summed E-state index contributed by atoms with van der Waals surface area (Å²) in [4.78, 5) is 14.2. The molecule has 1 rings (SSSR count). The van der Waals surface area contributed by atoms with Crippen molar-refractivity contribution in [3.63, 3.8) is 0 Å². The molecule has 0 bridgehead atoms. The molecule has 1 aromatic heterocycles. The molecule has 0 fully saturated rings. The number of aldehydes is 1. The van der Waals surface area contributed by atoms with Crippen LogP contribution in [-0.4, -0.2) is 11.3 Å². The average molecular weight is 302 g/mol. The van der Waals surface area contributed by atoms with E-state index in [1.807, 2.05) is 22.6 Å². The summed E-state index contributed by atoms with van der Waals surface area (Å²) in [6.45, 7) is 0. The summed E-state index contributed by atoms with van der Waals surface area (Å²) in [6, 6.07) is 1.58. The van der Waals surface area contributed by atoms with E-state index in [4.69, 9.17) is 23.2 Å². The van der Waals surface area contributed by atoms with Crippen LogP contribution in [0.15, 0.2) is 6.07 Å². The molecule has 0 aliphatic rings. The van der Waals surface area contributed by atoms with Gasteiger partial charge in [0.2, 0.25) is 0 Å². The summed E-state index contributed by atoms with van der Waals surface area (Å²) < 4.78 is 0.670. The zero-order chi connectivity index (χ0) is 8.43. The van der Waals surface area contributed by atoms with E-state index in [-0.39, 0.29) is 10.7 Å². The van der Waals surface area contributed by atoms with E-state index >= 15 is 0 Å². The lowest BCUT2D eigenvalue weighted by Crippen LogP contribution is -1.90. The fourth-order valence-corrected chi connectivity index (χ4v) is 1.97. The van der Waals surface area contributed by atoms with Gasteiger partial charge in [0.15, 0.2) is 6.29 Å². The van der Waals surface area contributed by atoms with Gasteiger partial charge in [0.25, 0.3) is 0 Å². The molecule has 0 aliphatic heterocycles. The third-order valence-electron chi connectivity index (χ3n) is 1.05. The number of carbonyl (C=O) groups is 1. The molecule has 0 spiro atoms. The maximum atomic E-state index is 10.3. The molecule has 2 nitrogen and oxygen atoms in total. The number of nitrogens with zero attached hydrogens (tertiary/aromatic N) is 1. The molecule has 0 saturated carbocycles. The normalized spacial score (nSPS) is 9.73. The van der Waals surface area contributed by atoms with Crippen molar-refractivity contribution in [2.45, 2.75) is 0 Å². The molecule has 0 unspecified atom stereocenters. The second-order valence-electron chi connectivity index (χ2n) is 1.75. The van der Waals surface area contributed by atoms with Gasteiger partial charge in [0.1, 0.15) is 8.85 Å². The van der Waals surface area contributed by atoms with Gasteiger partial charge in [-0.05, 0) is 28.7 Å². The lowest BCUT2D eigenvalue weighted by molar-refractivity contribution is 0.112. The Kier molecular flexibility index (Phi) is 3.09. The molecule has 0 N–H and O–H groups in total. The molecule has 0 saturated heterocycles. The second kappa shape index (κ2) is 3.69. The number of carbonyl (C=O) groups excluding carboxylic acids is 1. The van der Waals surface area contributed by atoms with Gasteiger partial charge in [0.05, 0.1) is 10.6 Å². The predicted molar refractivity (Wildman–Crippen MR) is 52.4 cm³/mol.